The maximum Gasteiger partial charge on any atom is 0.227 e. The third-order valence-corrected chi connectivity index (χ3v) is 4.51. The molecule has 1 aliphatic rings. The molecule has 4 heteroatoms. The highest BCUT2D eigenvalue weighted by Crippen LogP contribution is 2.34. The second-order valence-electron chi connectivity index (χ2n) is 5.95. The highest BCUT2D eigenvalue weighted by molar-refractivity contribution is 5.83. The van der Waals surface area contributed by atoms with Gasteiger partial charge in [0.25, 0.3) is 0 Å². The predicted molar refractivity (Wildman–Crippen MR) is 86.6 cm³/mol. The summed E-state index contributed by atoms with van der Waals surface area (Å²) in [5.41, 5.74) is 3.14. The third-order valence-electron chi connectivity index (χ3n) is 4.51. The van der Waals surface area contributed by atoms with Crippen LogP contribution in [0.1, 0.15) is 35.6 Å². The Hall–Kier alpha value is -2.20. The minimum atomic E-state index is -0.336. The number of amides is 1. The normalized spacial score (nSPS) is 20.8. The number of carbonyl (C=O) groups excluding carboxylic acids is 1. The first-order chi connectivity index (χ1) is 11.1. The molecule has 0 heterocycles. The van der Waals surface area contributed by atoms with Crippen LogP contribution in [0.5, 0.6) is 0 Å². The molecule has 1 amide bonds. The standard InChI is InChI=1S/C19H20FNO2/c1-12(13-7-9-15(20)10-8-13)19(22)21-17-11-14-5-3-4-6-16(14)18(17)23-2/h3-10,12,17-18H,11H2,1-2H3,(H,21,22)/t12-,17-,18+/m0/s1. The minimum absolute atomic E-state index is 0.0727. The van der Waals surface area contributed by atoms with Gasteiger partial charge in [0.1, 0.15) is 11.9 Å². The molecule has 0 bridgehead atoms. The van der Waals surface area contributed by atoms with E-state index < -0.39 is 0 Å². The van der Waals surface area contributed by atoms with E-state index in [9.17, 15) is 9.18 Å². The van der Waals surface area contributed by atoms with Crippen molar-refractivity contribution in [2.24, 2.45) is 0 Å². The molecule has 0 radical (unpaired) electrons. The van der Waals surface area contributed by atoms with Crippen LogP contribution in [0, 0.1) is 5.82 Å². The number of benzene rings is 2. The lowest BCUT2D eigenvalue weighted by atomic mass is 9.99. The van der Waals surface area contributed by atoms with Gasteiger partial charge in [0.2, 0.25) is 5.91 Å². The number of hydrogen-bond acceptors (Lipinski definition) is 2. The quantitative estimate of drug-likeness (QED) is 0.940. The molecule has 2 aromatic rings. The topological polar surface area (TPSA) is 38.3 Å². The summed E-state index contributed by atoms with van der Waals surface area (Å²) in [6.45, 7) is 1.83. The fourth-order valence-electron chi connectivity index (χ4n) is 3.19. The monoisotopic (exact) mass is 313 g/mol. The predicted octanol–water partition coefficient (Wildman–Crippen LogP) is 3.36. The van der Waals surface area contributed by atoms with E-state index in [2.05, 4.69) is 11.4 Å². The summed E-state index contributed by atoms with van der Waals surface area (Å²) >= 11 is 0. The van der Waals surface area contributed by atoms with Crippen LogP contribution in [0.3, 0.4) is 0 Å². The summed E-state index contributed by atoms with van der Waals surface area (Å²) in [4.78, 5) is 12.5. The molecule has 1 aliphatic carbocycles. The SMILES string of the molecule is CO[C@@H]1c2ccccc2C[C@@H]1NC(=O)[C@@H](C)c1ccc(F)cc1. The van der Waals surface area contributed by atoms with Crippen molar-refractivity contribution in [1.29, 1.82) is 0 Å². The Labute approximate surface area is 135 Å². The number of halogens is 1. The summed E-state index contributed by atoms with van der Waals surface area (Å²) in [5, 5.41) is 3.08. The summed E-state index contributed by atoms with van der Waals surface area (Å²) in [7, 11) is 1.66. The lowest BCUT2D eigenvalue weighted by Gasteiger charge is -2.22. The second kappa shape index (κ2) is 6.50. The summed E-state index contributed by atoms with van der Waals surface area (Å²) < 4.78 is 18.6. The number of methoxy groups -OCH3 is 1. The van der Waals surface area contributed by atoms with Crippen LogP contribution < -0.4 is 5.32 Å². The molecule has 3 nitrogen and oxygen atoms in total. The van der Waals surface area contributed by atoms with E-state index in [1.165, 1.54) is 17.7 Å². The van der Waals surface area contributed by atoms with Crippen LogP contribution in [-0.2, 0) is 16.0 Å². The van der Waals surface area contributed by atoms with Gasteiger partial charge >= 0.3 is 0 Å². The zero-order chi connectivity index (χ0) is 16.4. The number of hydrogen-bond donors (Lipinski definition) is 1. The molecule has 2 aromatic carbocycles. The van der Waals surface area contributed by atoms with Crippen molar-refractivity contribution in [1.82, 2.24) is 5.32 Å². The van der Waals surface area contributed by atoms with E-state index in [1.807, 2.05) is 25.1 Å². The minimum Gasteiger partial charge on any atom is -0.375 e. The van der Waals surface area contributed by atoms with Gasteiger partial charge in [-0.3, -0.25) is 4.79 Å². The molecule has 0 aliphatic heterocycles. The molecule has 0 aromatic heterocycles. The molecule has 3 rings (SSSR count). The van der Waals surface area contributed by atoms with E-state index in [-0.39, 0.29) is 29.8 Å². The van der Waals surface area contributed by atoms with Gasteiger partial charge in [0.05, 0.1) is 12.0 Å². The first-order valence-electron chi connectivity index (χ1n) is 7.76. The average molecular weight is 313 g/mol. The van der Waals surface area contributed by atoms with E-state index in [1.54, 1.807) is 19.2 Å². The van der Waals surface area contributed by atoms with Crippen LogP contribution in [-0.4, -0.2) is 19.1 Å². The van der Waals surface area contributed by atoms with Gasteiger partial charge in [-0.15, -0.1) is 0 Å². The molecule has 120 valence electrons. The number of ether oxygens (including phenoxy) is 1. The van der Waals surface area contributed by atoms with Crippen LogP contribution >= 0.6 is 0 Å². The van der Waals surface area contributed by atoms with Gasteiger partial charge in [0.15, 0.2) is 0 Å². The molecule has 0 saturated heterocycles. The molecule has 3 atom stereocenters. The summed E-state index contributed by atoms with van der Waals surface area (Å²) in [6, 6.07) is 14.1. The number of fused-ring (bicyclic) bond motifs is 1. The fourth-order valence-corrected chi connectivity index (χ4v) is 3.19. The number of rotatable bonds is 4. The van der Waals surface area contributed by atoms with Crippen LogP contribution in [0.25, 0.3) is 0 Å². The number of nitrogens with one attached hydrogen (secondary N) is 1. The Bertz CT molecular complexity index is 699. The van der Waals surface area contributed by atoms with Crippen molar-refractivity contribution < 1.29 is 13.9 Å². The molecule has 1 N–H and O–H groups in total. The van der Waals surface area contributed by atoms with E-state index >= 15 is 0 Å². The highest BCUT2D eigenvalue weighted by Gasteiger charge is 2.34. The van der Waals surface area contributed by atoms with Gasteiger partial charge in [-0.25, -0.2) is 4.39 Å². The zero-order valence-electron chi connectivity index (χ0n) is 13.3. The molecular weight excluding hydrogens is 293 g/mol. The van der Waals surface area contributed by atoms with Crippen molar-refractivity contribution in [2.45, 2.75) is 31.4 Å². The first kappa shape index (κ1) is 15.7. The molecule has 23 heavy (non-hydrogen) atoms. The van der Waals surface area contributed by atoms with Crippen LogP contribution in [0.2, 0.25) is 0 Å². The second-order valence-corrected chi connectivity index (χ2v) is 5.95. The molecule has 0 unspecified atom stereocenters. The Kier molecular flexibility index (Phi) is 4.44. The lowest BCUT2D eigenvalue weighted by molar-refractivity contribution is -0.123. The maximum absolute atomic E-state index is 13.0. The van der Waals surface area contributed by atoms with Crippen molar-refractivity contribution in [3.63, 3.8) is 0 Å². The molecule has 0 saturated carbocycles. The Morgan fingerprint density at radius 2 is 1.91 bits per heavy atom. The van der Waals surface area contributed by atoms with Gasteiger partial charge in [-0.05, 0) is 42.2 Å². The van der Waals surface area contributed by atoms with Gasteiger partial charge in [-0.2, -0.15) is 0 Å². The fraction of sp³-hybridized carbons (Fsp3) is 0.316. The largest absolute Gasteiger partial charge is 0.375 e. The van der Waals surface area contributed by atoms with E-state index in [0.29, 0.717) is 0 Å². The van der Waals surface area contributed by atoms with E-state index in [0.717, 1.165) is 17.5 Å². The lowest BCUT2D eigenvalue weighted by Crippen LogP contribution is -2.40. The van der Waals surface area contributed by atoms with Crippen LogP contribution in [0.15, 0.2) is 48.5 Å². The Morgan fingerprint density at radius 3 is 2.61 bits per heavy atom. The van der Waals surface area contributed by atoms with Gasteiger partial charge in [0, 0.05) is 7.11 Å². The maximum atomic E-state index is 13.0. The molecular formula is C19H20FNO2. The zero-order valence-corrected chi connectivity index (χ0v) is 13.3. The molecule has 0 fully saturated rings. The smallest absolute Gasteiger partial charge is 0.227 e. The third kappa shape index (κ3) is 3.13. The molecule has 0 spiro atoms. The first-order valence-corrected chi connectivity index (χ1v) is 7.76. The van der Waals surface area contributed by atoms with Crippen molar-refractivity contribution in [3.05, 3.63) is 71.0 Å². The summed E-state index contributed by atoms with van der Waals surface area (Å²) in [5.74, 6) is -0.708. The van der Waals surface area contributed by atoms with Crippen LogP contribution in [0.4, 0.5) is 4.39 Å². The van der Waals surface area contributed by atoms with Gasteiger partial charge < -0.3 is 10.1 Å². The van der Waals surface area contributed by atoms with Crippen molar-refractivity contribution >= 4 is 5.91 Å². The Balaban J connectivity index is 1.72. The average Bonchev–Trinajstić information content (AvgIpc) is 2.91. The summed E-state index contributed by atoms with van der Waals surface area (Å²) in [6.07, 6.45) is 0.631. The number of carbonyl (C=O) groups is 1. The van der Waals surface area contributed by atoms with Gasteiger partial charge in [-0.1, -0.05) is 36.4 Å². The highest BCUT2D eigenvalue weighted by atomic mass is 19.1. The van der Waals surface area contributed by atoms with Crippen molar-refractivity contribution in [2.75, 3.05) is 7.11 Å². The Morgan fingerprint density at radius 1 is 1.22 bits per heavy atom. The van der Waals surface area contributed by atoms with E-state index in [4.69, 9.17) is 4.74 Å². The van der Waals surface area contributed by atoms with Crippen molar-refractivity contribution in [3.8, 4) is 0 Å².